The van der Waals surface area contributed by atoms with Crippen LogP contribution in [-0.2, 0) is 0 Å². The number of allylic oxidation sites excluding steroid dienone is 4. The molecule has 1 aromatic rings. The van der Waals surface area contributed by atoms with Gasteiger partial charge in [-0.1, -0.05) is 39.0 Å². The Morgan fingerprint density at radius 3 is 2.12 bits per heavy atom. The Bertz CT molecular complexity index is 1080. The molecular formula is C24H23F3N4O. The fourth-order valence-corrected chi connectivity index (χ4v) is 4.85. The molecule has 0 saturated carbocycles. The normalized spacial score (nSPS) is 25.0. The lowest BCUT2D eigenvalue weighted by atomic mass is 9.54. The molecule has 0 heterocycles. The number of alkyl halides is 3. The van der Waals surface area contributed by atoms with Gasteiger partial charge in [0.1, 0.15) is 11.8 Å². The van der Waals surface area contributed by atoms with E-state index in [0.29, 0.717) is 17.6 Å². The Morgan fingerprint density at radius 1 is 1.06 bits per heavy atom. The smallest absolute Gasteiger partial charge is 0.406 e. The summed E-state index contributed by atoms with van der Waals surface area (Å²) in [5, 5.41) is 30.0. The van der Waals surface area contributed by atoms with Crippen LogP contribution >= 0.6 is 0 Å². The van der Waals surface area contributed by atoms with Gasteiger partial charge in [-0.25, -0.2) is 0 Å². The largest absolute Gasteiger partial charge is 0.573 e. The van der Waals surface area contributed by atoms with Crippen LogP contribution in [0.5, 0.6) is 5.75 Å². The van der Waals surface area contributed by atoms with Crippen molar-refractivity contribution >= 4 is 0 Å². The minimum atomic E-state index is -4.83. The second-order valence-corrected chi connectivity index (χ2v) is 9.33. The summed E-state index contributed by atoms with van der Waals surface area (Å²) in [6, 6.07) is 11.3. The molecule has 0 fully saturated rings. The molecule has 0 amide bonds. The lowest BCUT2D eigenvalue weighted by Crippen LogP contribution is -2.44. The van der Waals surface area contributed by atoms with Crippen molar-refractivity contribution in [1.82, 2.24) is 0 Å². The van der Waals surface area contributed by atoms with E-state index in [2.05, 4.69) is 31.6 Å². The van der Waals surface area contributed by atoms with Crippen molar-refractivity contribution in [3.63, 3.8) is 0 Å². The van der Waals surface area contributed by atoms with Crippen LogP contribution in [0.3, 0.4) is 0 Å². The van der Waals surface area contributed by atoms with Crippen molar-refractivity contribution in [2.24, 2.45) is 28.4 Å². The Morgan fingerprint density at radius 2 is 1.66 bits per heavy atom. The second kappa shape index (κ2) is 7.92. The maximum Gasteiger partial charge on any atom is 0.573 e. The van der Waals surface area contributed by atoms with Gasteiger partial charge >= 0.3 is 6.36 Å². The summed E-state index contributed by atoms with van der Waals surface area (Å²) in [6.45, 7) is 6.32. The van der Waals surface area contributed by atoms with Gasteiger partial charge in [0.2, 0.25) is 0 Å². The van der Waals surface area contributed by atoms with Crippen LogP contribution in [0.15, 0.2) is 47.2 Å². The maximum atomic E-state index is 12.6. The monoisotopic (exact) mass is 440 g/mol. The maximum absolute atomic E-state index is 12.6. The number of benzene rings is 1. The highest BCUT2D eigenvalue weighted by molar-refractivity contribution is 5.59. The van der Waals surface area contributed by atoms with Crippen molar-refractivity contribution in [1.29, 1.82) is 15.8 Å². The minimum absolute atomic E-state index is 0.0571. The molecule has 2 aliphatic carbocycles. The van der Waals surface area contributed by atoms with E-state index < -0.39 is 23.4 Å². The standard InChI is InChI=1S/C24H23F3N4O/c1-22(2,3)15-6-9-17-18(10-15)20(23(12-29,13-30)21(31)19(17)11-28)14-4-7-16(8-5-14)32-24(25,26)27/h4-5,7-9,15,18,20H,6,10,31H2,1-3H3. The highest BCUT2D eigenvalue weighted by atomic mass is 19.4. The zero-order valence-electron chi connectivity index (χ0n) is 18.0. The highest BCUT2D eigenvalue weighted by Gasteiger charge is 2.55. The minimum Gasteiger partial charge on any atom is -0.406 e. The molecule has 1 aromatic carbocycles. The molecule has 5 nitrogen and oxygen atoms in total. The molecule has 2 N–H and O–H groups in total. The fraction of sp³-hybridized carbons (Fsp3) is 0.458. The van der Waals surface area contributed by atoms with Gasteiger partial charge in [-0.3, -0.25) is 0 Å². The average Bonchev–Trinajstić information content (AvgIpc) is 2.72. The SMILES string of the molecule is CC(C)(C)C1CC=C2C(C#N)=C(N)C(C#N)(C#N)C(c3ccc(OC(F)(F)F)cc3)C2C1. The molecule has 32 heavy (non-hydrogen) atoms. The van der Waals surface area contributed by atoms with Crippen molar-refractivity contribution in [3.8, 4) is 24.0 Å². The van der Waals surface area contributed by atoms with Crippen LogP contribution in [0.4, 0.5) is 13.2 Å². The lowest BCUT2D eigenvalue weighted by molar-refractivity contribution is -0.274. The first kappa shape index (κ1) is 23.2. The van der Waals surface area contributed by atoms with Gasteiger partial charge in [-0.05, 0) is 53.4 Å². The van der Waals surface area contributed by atoms with Gasteiger partial charge in [0, 0.05) is 5.92 Å². The van der Waals surface area contributed by atoms with Crippen molar-refractivity contribution < 1.29 is 17.9 Å². The highest BCUT2D eigenvalue weighted by Crippen LogP contribution is 2.58. The zero-order chi connectivity index (χ0) is 23.9. The van der Waals surface area contributed by atoms with Crippen LogP contribution in [0.1, 0.15) is 45.1 Å². The lowest BCUT2D eigenvalue weighted by Gasteiger charge is -2.47. The first-order valence-corrected chi connectivity index (χ1v) is 10.2. The third kappa shape index (κ3) is 3.92. The van der Waals surface area contributed by atoms with Gasteiger partial charge in [-0.15, -0.1) is 13.2 Å². The Labute approximate surface area is 185 Å². The topological polar surface area (TPSA) is 107 Å². The number of rotatable bonds is 2. The van der Waals surface area contributed by atoms with E-state index in [-0.39, 0.29) is 28.5 Å². The van der Waals surface area contributed by atoms with Gasteiger partial charge in [0.15, 0.2) is 5.41 Å². The molecule has 0 saturated heterocycles. The van der Waals surface area contributed by atoms with Crippen LogP contribution < -0.4 is 10.5 Å². The Hall–Kier alpha value is -3.44. The van der Waals surface area contributed by atoms with Crippen molar-refractivity contribution in [3.05, 3.63) is 52.7 Å². The average molecular weight is 440 g/mol. The molecule has 8 heteroatoms. The van der Waals surface area contributed by atoms with Crippen LogP contribution in [0.2, 0.25) is 0 Å². The summed E-state index contributed by atoms with van der Waals surface area (Å²) in [5.41, 5.74) is 5.62. The van der Waals surface area contributed by atoms with Gasteiger partial charge in [0.25, 0.3) is 0 Å². The summed E-state index contributed by atoms with van der Waals surface area (Å²) >= 11 is 0. The van der Waals surface area contributed by atoms with Gasteiger partial charge in [0.05, 0.1) is 23.4 Å². The molecule has 0 radical (unpaired) electrons. The number of halogens is 3. The molecule has 0 bridgehead atoms. The van der Waals surface area contributed by atoms with E-state index in [0.717, 1.165) is 18.6 Å². The van der Waals surface area contributed by atoms with Crippen molar-refractivity contribution in [2.45, 2.75) is 45.9 Å². The predicted octanol–water partition coefficient (Wildman–Crippen LogP) is 5.45. The number of hydrogen-bond donors (Lipinski definition) is 1. The van der Waals surface area contributed by atoms with E-state index in [1.165, 1.54) is 12.1 Å². The number of nitriles is 3. The first-order valence-electron chi connectivity index (χ1n) is 10.2. The molecule has 166 valence electrons. The number of hydrogen-bond acceptors (Lipinski definition) is 5. The summed E-state index contributed by atoms with van der Waals surface area (Å²) in [5.74, 6) is -1.28. The zero-order valence-corrected chi connectivity index (χ0v) is 18.0. The van der Waals surface area contributed by atoms with Crippen LogP contribution in [0, 0.1) is 56.7 Å². The number of ether oxygens (including phenoxy) is 1. The van der Waals surface area contributed by atoms with Gasteiger partial charge in [-0.2, -0.15) is 15.8 Å². The molecule has 3 rings (SSSR count). The van der Waals surface area contributed by atoms with Gasteiger partial charge < -0.3 is 10.5 Å². The molecule has 3 unspecified atom stereocenters. The molecule has 0 aliphatic heterocycles. The first-order chi connectivity index (χ1) is 14.9. The number of fused-ring (bicyclic) bond motifs is 1. The summed E-state index contributed by atoms with van der Waals surface area (Å²) < 4.78 is 41.7. The third-order valence-corrected chi connectivity index (χ3v) is 6.57. The molecule has 3 atom stereocenters. The van der Waals surface area contributed by atoms with Crippen LogP contribution in [0.25, 0.3) is 0 Å². The Balaban J connectivity index is 2.19. The third-order valence-electron chi connectivity index (χ3n) is 6.57. The van der Waals surface area contributed by atoms with E-state index in [1.807, 2.05) is 18.2 Å². The molecule has 0 aromatic heterocycles. The number of nitrogens with zero attached hydrogens (tertiary/aromatic N) is 3. The summed E-state index contributed by atoms with van der Waals surface area (Å²) in [6.07, 6.45) is -1.53. The fourth-order valence-electron chi connectivity index (χ4n) is 4.85. The van der Waals surface area contributed by atoms with E-state index in [4.69, 9.17) is 5.73 Å². The molecule has 0 spiro atoms. The van der Waals surface area contributed by atoms with Crippen molar-refractivity contribution in [2.75, 3.05) is 0 Å². The molecule has 2 aliphatic rings. The van der Waals surface area contributed by atoms with E-state index >= 15 is 0 Å². The van der Waals surface area contributed by atoms with E-state index in [9.17, 15) is 29.0 Å². The number of nitrogens with two attached hydrogens (primary N) is 1. The summed E-state index contributed by atoms with van der Waals surface area (Å²) in [7, 11) is 0. The Kier molecular flexibility index (Phi) is 5.75. The summed E-state index contributed by atoms with van der Waals surface area (Å²) in [4.78, 5) is 0. The van der Waals surface area contributed by atoms with Crippen LogP contribution in [-0.4, -0.2) is 6.36 Å². The molecular weight excluding hydrogens is 417 g/mol. The second-order valence-electron chi connectivity index (χ2n) is 9.33. The quantitative estimate of drug-likeness (QED) is 0.658. The predicted molar refractivity (Wildman–Crippen MR) is 110 cm³/mol. The van der Waals surface area contributed by atoms with E-state index in [1.54, 1.807) is 0 Å².